The summed E-state index contributed by atoms with van der Waals surface area (Å²) in [6.07, 6.45) is 15.5. The van der Waals surface area contributed by atoms with Crippen molar-refractivity contribution in [1.82, 2.24) is 0 Å². The van der Waals surface area contributed by atoms with E-state index in [1.54, 1.807) is 27.4 Å². The molecule has 3 heteroatoms. The van der Waals surface area contributed by atoms with Crippen LogP contribution in [0.15, 0.2) is 146 Å². The Balaban J connectivity index is 0.000000321. The molecule has 6 aromatic rings. The standard InChI is InChI=1S/C41H49.C15H14.C5H5.2ClH.Zr/c1-11-26(3)30-17-13-15-19-32(30)36-22-28-21-29-23-37(33-20-16-14-18-31(33)27(4)12-2)39(41(8,9)10)25-35(29)34(28)24-38(36)40(5,6)7;1-3-8-14(9-4-1)12-7-13-15-10-5-2-6-11-15;1-2-4-5-3-1;;;/h13-20,22,24-27H,11-12,21H2,1-10H3;1-6,8-11H,12-13H2;1-3H,4H2;2*1H;/q-1;;-1;;;+2/p-2. The zero-order valence-corrected chi connectivity index (χ0v) is 44.0. The number of hydrogen-bond acceptors (Lipinski definition) is 0. The fourth-order valence-electron chi connectivity index (χ4n) is 8.70. The first-order valence-corrected chi connectivity index (χ1v) is 24.2. The van der Waals surface area contributed by atoms with Gasteiger partial charge >= 0.3 is 112 Å². The minimum absolute atomic E-state index is 0. The molecule has 0 aromatic heterocycles. The van der Waals surface area contributed by atoms with Gasteiger partial charge in [-0.25, -0.2) is 12.2 Å². The van der Waals surface area contributed by atoms with Gasteiger partial charge in [0, 0.05) is 0 Å². The molecular formula is C61H68Cl2Zr-2. The van der Waals surface area contributed by atoms with Crippen molar-refractivity contribution in [2.24, 2.45) is 0 Å². The third-order valence-electron chi connectivity index (χ3n) is 12.6. The average molecular weight is 963 g/mol. The number of allylic oxidation sites excluding steroid dienone is 4. The maximum atomic E-state index is 4.04. The molecular weight excluding hydrogens is 895 g/mol. The molecule has 64 heavy (non-hydrogen) atoms. The normalized spacial score (nSPS) is 13.2. The van der Waals surface area contributed by atoms with Gasteiger partial charge in [0.25, 0.3) is 0 Å². The van der Waals surface area contributed by atoms with Gasteiger partial charge in [-0.05, 0) is 63.3 Å². The second-order valence-electron chi connectivity index (χ2n) is 19.4. The molecule has 2 aliphatic rings. The minimum atomic E-state index is 0. The molecule has 0 aliphatic heterocycles. The second-order valence-corrected chi connectivity index (χ2v) is 21.1. The van der Waals surface area contributed by atoms with E-state index in [9.17, 15) is 0 Å². The van der Waals surface area contributed by atoms with Gasteiger partial charge in [0.05, 0.1) is 0 Å². The Morgan fingerprint density at radius 1 is 0.578 bits per heavy atom. The van der Waals surface area contributed by atoms with Crippen LogP contribution in [0.2, 0.25) is 0 Å². The molecule has 0 N–H and O–H groups in total. The van der Waals surface area contributed by atoms with Crippen LogP contribution in [0.1, 0.15) is 145 Å². The SMILES string of the molecule is CCC(C)c1ccccc1-c1[c-]c2c(cc1C(C)(C)C)-c1cc(C(C)(C)C)c(-c3ccccc3C(C)CC)cc1C2.[C-]1=CC=CC1.[Cl-].[Cl-].[Zr+2]=[C](Cc1ccccc1)Cc1ccccc1. The van der Waals surface area contributed by atoms with Crippen LogP contribution in [0.3, 0.4) is 0 Å². The van der Waals surface area contributed by atoms with Crippen LogP contribution in [-0.4, -0.2) is 3.21 Å². The Morgan fingerprint density at radius 2 is 1.06 bits per heavy atom. The van der Waals surface area contributed by atoms with Crippen molar-refractivity contribution in [2.45, 2.75) is 130 Å². The van der Waals surface area contributed by atoms with Gasteiger partial charge in [-0.1, -0.05) is 159 Å². The van der Waals surface area contributed by atoms with Crippen LogP contribution >= 0.6 is 0 Å². The van der Waals surface area contributed by atoms with Crippen molar-refractivity contribution < 1.29 is 49.0 Å². The number of rotatable bonds is 10. The Labute approximate surface area is 415 Å². The van der Waals surface area contributed by atoms with Gasteiger partial charge in [-0.2, -0.15) is 6.08 Å². The summed E-state index contributed by atoms with van der Waals surface area (Å²) in [5.74, 6) is 1.04. The fourth-order valence-corrected chi connectivity index (χ4v) is 9.71. The van der Waals surface area contributed by atoms with E-state index in [2.05, 4.69) is 215 Å². The Hall–Kier alpha value is -3.87. The molecule has 6 aromatic carbocycles. The molecule has 0 amide bonds. The van der Waals surface area contributed by atoms with Gasteiger partial charge in [0.2, 0.25) is 0 Å². The van der Waals surface area contributed by atoms with Crippen LogP contribution < -0.4 is 24.8 Å². The fraction of sp³-hybridized carbons (Fsp3) is 0.328. The van der Waals surface area contributed by atoms with E-state index in [4.69, 9.17) is 0 Å². The Kier molecular flexibility index (Phi) is 19.8. The molecule has 0 bridgehead atoms. The van der Waals surface area contributed by atoms with Crippen molar-refractivity contribution in [3.63, 3.8) is 0 Å². The molecule has 0 fully saturated rings. The molecule has 2 aliphatic carbocycles. The van der Waals surface area contributed by atoms with Crippen LogP contribution in [0, 0.1) is 12.1 Å². The molecule has 0 saturated carbocycles. The summed E-state index contributed by atoms with van der Waals surface area (Å²) in [6, 6.07) is 51.1. The second kappa shape index (κ2) is 24.1. The van der Waals surface area contributed by atoms with Gasteiger partial charge < -0.3 is 24.8 Å². The van der Waals surface area contributed by atoms with Gasteiger partial charge in [-0.3, -0.25) is 6.08 Å². The molecule has 2 atom stereocenters. The zero-order valence-electron chi connectivity index (χ0n) is 40.0. The van der Waals surface area contributed by atoms with E-state index >= 15 is 0 Å². The Morgan fingerprint density at radius 3 is 1.53 bits per heavy atom. The van der Waals surface area contributed by atoms with E-state index in [1.165, 1.54) is 77.9 Å². The summed E-state index contributed by atoms with van der Waals surface area (Å²) in [6.45, 7) is 23.4. The quantitative estimate of drug-likeness (QED) is 0.120. The summed E-state index contributed by atoms with van der Waals surface area (Å²) in [5, 5.41) is 0. The molecule has 8 rings (SSSR count). The Bertz CT molecular complexity index is 2320. The first-order valence-electron chi connectivity index (χ1n) is 23.0. The van der Waals surface area contributed by atoms with Crippen molar-refractivity contribution >= 4 is 3.21 Å². The molecule has 0 saturated heterocycles. The molecule has 332 valence electrons. The van der Waals surface area contributed by atoms with Gasteiger partial charge in [0.15, 0.2) is 0 Å². The van der Waals surface area contributed by atoms with E-state index in [0.717, 1.165) is 38.5 Å². The van der Waals surface area contributed by atoms with Gasteiger partial charge in [0.1, 0.15) is 0 Å². The third-order valence-corrected chi connectivity index (χ3v) is 13.4. The number of halogens is 2. The summed E-state index contributed by atoms with van der Waals surface area (Å²) in [5.41, 5.74) is 19.6. The molecule has 0 heterocycles. The average Bonchev–Trinajstić information content (AvgIpc) is 3.97. The van der Waals surface area contributed by atoms with E-state index in [1.807, 2.05) is 12.2 Å². The monoisotopic (exact) mass is 960 g/mol. The van der Waals surface area contributed by atoms with Crippen LogP contribution in [0.25, 0.3) is 33.4 Å². The maximum absolute atomic E-state index is 4.04. The summed E-state index contributed by atoms with van der Waals surface area (Å²) in [7, 11) is 0. The molecule has 2 unspecified atom stereocenters. The van der Waals surface area contributed by atoms with Gasteiger partial charge in [-0.15, -0.1) is 35.2 Å². The number of hydrogen-bond donors (Lipinski definition) is 0. The van der Waals surface area contributed by atoms with Crippen LogP contribution in [-0.2, 0) is 54.3 Å². The first kappa shape index (κ1) is 52.8. The van der Waals surface area contributed by atoms with Crippen molar-refractivity contribution in [1.29, 1.82) is 0 Å². The predicted octanol–water partition coefficient (Wildman–Crippen LogP) is 10.5. The van der Waals surface area contributed by atoms with Crippen molar-refractivity contribution in [3.05, 3.63) is 202 Å². The van der Waals surface area contributed by atoms with E-state index in [0.29, 0.717) is 11.8 Å². The first-order chi connectivity index (χ1) is 29.7. The third kappa shape index (κ3) is 13.4. The summed E-state index contributed by atoms with van der Waals surface area (Å²) in [4.78, 5) is 0. The number of fused-ring (bicyclic) bond motifs is 3. The molecule has 0 nitrogen and oxygen atoms in total. The number of benzene rings is 6. The summed E-state index contributed by atoms with van der Waals surface area (Å²) < 4.78 is 1.60. The van der Waals surface area contributed by atoms with Crippen molar-refractivity contribution in [3.8, 4) is 33.4 Å². The molecule has 0 radical (unpaired) electrons. The zero-order chi connectivity index (χ0) is 44.4. The summed E-state index contributed by atoms with van der Waals surface area (Å²) >= 11 is 1.55. The predicted molar refractivity (Wildman–Crippen MR) is 266 cm³/mol. The van der Waals surface area contributed by atoms with E-state index in [-0.39, 0.29) is 35.6 Å². The molecule has 0 spiro atoms. The van der Waals surface area contributed by atoms with Crippen molar-refractivity contribution in [2.75, 3.05) is 0 Å². The topological polar surface area (TPSA) is 0 Å². The van der Waals surface area contributed by atoms with E-state index < -0.39 is 0 Å². The van der Waals surface area contributed by atoms with Crippen LogP contribution in [0.5, 0.6) is 0 Å². The van der Waals surface area contributed by atoms with Crippen LogP contribution in [0.4, 0.5) is 0 Å².